The van der Waals surface area contributed by atoms with Crippen LogP contribution < -0.4 is 5.32 Å². The highest BCUT2D eigenvalue weighted by Gasteiger charge is 2.50. The normalized spacial score (nSPS) is 12.4. The van der Waals surface area contributed by atoms with E-state index < -0.39 is 23.8 Å². The fourth-order valence-electron chi connectivity index (χ4n) is 0.494. The lowest BCUT2D eigenvalue weighted by molar-refractivity contribution is -0.170. The molecule has 0 aliphatic heterocycles. The molecule has 0 saturated heterocycles. The van der Waals surface area contributed by atoms with E-state index >= 15 is 0 Å². The Balaban J connectivity index is 4.61. The minimum Gasteiger partial charge on any atom is -0.333 e. The largest absolute Gasteiger partial charge is 0.383 e. The number of hydrogen-bond donors (Lipinski definition) is 1. The standard InChI is InChI=1S/C7H8F4N2O/c1-6(2,3-12)13-5(14)7(10,11)4(8)9/h4H,1-2H3,(H,13,14). The van der Waals surface area contributed by atoms with Gasteiger partial charge in [-0.1, -0.05) is 0 Å². The average Bonchev–Trinajstić information content (AvgIpc) is 2.03. The van der Waals surface area contributed by atoms with Crippen LogP contribution in [0.5, 0.6) is 0 Å². The number of amides is 1. The molecule has 80 valence electrons. The highest BCUT2D eigenvalue weighted by atomic mass is 19.3. The van der Waals surface area contributed by atoms with Gasteiger partial charge < -0.3 is 5.32 Å². The number of carbonyl (C=O) groups excluding carboxylic acids is 1. The molecule has 0 atom stereocenters. The van der Waals surface area contributed by atoms with E-state index in [9.17, 15) is 22.4 Å². The zero-order valence-electron chi connectivity index (χ0n) is 7.44. The van der Waals surface area contributed by atoms with Crippen molar-refractivity contribution in [2.24, 2.45) is 0 Å². The second-order valence-corrected chi connectivity index (χ2v) is 3.11. The molecule has 14 heavy (non-hydrogen) atoms. The maximum absolute atomic E-state index is 12.3. The van der Waals surface area contributed by atoms with Crippen LogP contribution in [0.3, 0.4) is 0 Å². The summed E-state index contributed by atoms with van der Waals surface area (Å²) in [5, 5.41) is 9.85. The molecule has 3 nitrogen and oxygen atoms in total. The van der Waals surface area contributed by atoms with Crippen LogP contribution in [0.1, 0.15) is 13.8 Å². The molecule has 0 aliphatic carbocycles. The summed E-state index contributed by atoms with van der Waals surface area (Å²) in [5.41, 5.74) is -1.60. The number of hydrogen-bond acceptors (Lipinski definition) is 2. The Hall–Kier alpha value is -1.32. The summed E-state index contributed by atoms with van der Waals surface area (Å²) in [7, 11) is 0. The van der Waals surface area contributed by atoms with E-state index in [0.29, 0.717) is 0 Å². The van der Waals surface area contributed by atoms with Gasteiger partial charge in [-0.05, 0) is 13.8 Å². The number of rotatable bonds is 3. The van der Waals surface area contributed by atoms with Crippen molar-refractivity contribution in [1.29, 1.82) is 5.26 Å². The maximum atomic E-state index is 12.3. The number of nitrogens with zero attached hydrogens (tertiary/aromatic N) is 1. The Morgan fingerprint density at radius 2 is 1.86 bits per heavy atom. The molecule has 0 aromatic heterocycles. The van der Waals surface area contributed by atoms with Crippen LogP contribution in [0, 0.1) is 11.3 Å². The average molecular weight is 212 g/mol. The molecule has 7 heteroatoms. The Kier molecular flexibility index (Phi) is 3.46. The first-order chi connectivity index (χ1) is 6.13. The first kappa shape index (κ1) is 12.7. The Bertz CT molecular complexity index is 269. The van der Waals surface area contributed by atoms with Crippen molar-refractivity contribution in [2.75, 3.05) is 0 Å². The molecule has 0 spiro atoms. The Morgan fingerprint density at radius 1 is 1.43 bits per heavy atom. The molecule has 0 unspecified atom stereocenters. The number of nitriles is 1. The monoisotopic (exact) mass is 212 g/mol. The summed E-state index contributed by atoms with van der Waals surface area (Å²) in [4.78, 5) is 10.6. The van der Waals surface area contributed by atoms with Gasteiger partial charge in [-0.2, -0.15) is 14.0 Å². The van der Waals surface area contributed by atoms with Gasteiger partial charge in [0.05, 0.1) is 6.07 Å². The predicted molar refractivity (Wildman–Crippen MR) is 38.8 cm³/mol. The molecule has 0 heterocycles. The minimum atomic E-state index is -4.77. The molecule has 0 fully saturated rings. The summed E-state index contributed by atoms with van der Waals surface area (Å²) >= 11 is 0. The van der Waals surface area contributed by atoms with Crippen molar-refractivity contribution >= 4 is 5.91 Å². The van der Waals surface area contributed by atoms with Gasteiger partial charge in [0.2, 0.25) is 0 Å². The van der Waals surface area contributed by atoms with Crippen molar-refractivity contribution in [1.82, 2.24) is 5.32 Å². The third kappa shape index (κ3) is 2.87. The van der Waals surface area contributed by atoms with Crippen molar-refractivity contribution < 1.29 is 22.4 Å². The first-order valence-electron chi connectivity index (χ1n) is 3.53. The van der Waals surface area contributed by atoms with Crippen LogP contribution in [0.25, 0.3) is 0 Å². The highest BCUT2D eigenvalue weighted by Crippen LogP contribution is 2.23. The van der Waals surface area contributed by atoms with E-state index in [0.717, 1.165) is 13.8 Å². The lowest BCUT2D eigenvalue weighted by atomic mass is 10.1. The lowest BCUT2D eigenvalue weighted by Crippen LogP contribution is -2.52. The molecule has 0 aromatic carbocycles. The Morgan fingerprint density at radius 3 is 2.14 bits per heavy atom. The van der Waals surface area contributed by atoms with Crippen LogP contribution in [0.15, 0.2) is 0 Å². The van der Waals surface area contributed by atoms with E-state index in [-0.39, 0.29) is 0 Å². The smallest absolute Gasteiger partial charge is 0.333 e. The molecule has 0 rings (SSSR count). The van der Waals surface area contributed by atoms with Crippen molar-refractivity contribution in [3.63, 3.8) is 0 Å². The molecule has 1 amide bonds. The molecular weight excluding hydrogens is 204 g/mol. The van der Waals surface area contributed by atoms with Crippen LogP contribution in [-0.2, 0) is 4.79 Å². The number of carbonyl (C=O) groups is 1. The summed E-state index contributed by atoms with van der Waals surface area (Å²) in [6, 6.07) is 1.47. The summed E-state index contributed by atoms with van der Waals surface area (Å²) in [5.74, 6) is -6.92. The minimum absolute atomic E-state index is 1.12. The summed E-state index contributed by atoms with van der Waals surface area (Å²) in [6.45, 7) is 2.24. The third-order valence-corrected chi connectivity index (χ3v) is 1.28. The third-order valence-electron chi connectivity index (χ3n) is 1.28. The molecule has 0 radical (unpaired) electrons. The second kappa shape index (κ2) is 3.82. The predicted octanol–water partition coefficient (Wildman–Crippen LogP) is 1.31. The Labute approximate surface area is 77.7 Å². The van der Waals surface area contributed by atoms with Gasteiger partial charge in [0.1, 0.15) is 5.54 Å². The van der Waals surface area contributed by atoms with E-state index in [1.54, 1.807) is 0 Å². The van der Waals surface area contributed by atoms with Crippen LogP contribution >= 0.6 is 0 Å². The van der Waals surface area contributed by atoms with Gasteiger partial charge in [-0.25, -0.2) is 8.78 Å². The lowest BCUT2D eigenvalue weighted by Gasteiger charge is -2.21. The molecule has 0 saturated carbocycles. The van der Waals surface area contributed by atoms with E-state index in [1.807, 2.05) is 0 Å². The summed E-state index contributed by atoms with van der Waals surface area (Å²) < 4.78 is 48.0. The number of alkyl halides is 4. The fraction of sp³-hybridized carbons (Fsp3) is 0.714. The molecule has 0 bridgehead atoms. The first-order valence-corrected chi connectivity index (χ1v) is 3.53. The van der Waals surface area contributed by atoms with Gasteiger partial charge in [0, 0.05) is 0 Å². The zero-order chi connectivity index (χ0) is 11.6. The van der Waals surface area contributed by atoms with E-state index in [2.05, 4.69) is 0 Å². The van der Waals surface area contributed by atoms with Gasteiger partial charge >= 0.3 is 12.3 Å². The highest BCUT2D eigenvalue weighted by molar-refractivity contribution is 5.84. The van der Waals surface area contributed by atoms with Crippen molar-refractivity contribution in [3.05, 3.63) is 0 Å². The topological polar surface area (TPSA) is 52.9 Å². The van der Waals surface area contributed by atoms with Gasteiger partial charge in [0.15, 0.2) is 0 Å². The van der Waals surface area contributed by atoms with Crippen LogP contribution in [-0.4, -0.2) is 23.8 Å². The fourth-order valence-corrected chi connectivity index (χ4v) is 0.494. The van der Waals surface area contributed by atoms with Crippen LogP contribution in [0.4, 0.5) is 17.6 Å². The van der Waals surface area contributed by atoms with E-state index in [4.69, 9.17) is 5.26 Å². The van der Waals surface area contributed by atoms with Gasteiger partial charge in [0.25, 0.3) is 5.91 Å². The molecular formula is C7H8F4N2O. The summed E-state index contributed by atoms with van der Waals surface area (Å²) in [6.07, 6.45) is -4.09. The van der Waals surface area contributed by atoms with Crippen LogP contribution in [0.2, 0.25) is 0 Å². The van der Waals surface area contributed by atoms with Gasteiger partial charge in [-0.3, -0.25) is 4.79 Å². The molecule has 0 aromatic rings. The SMILES string of the molecule is CC(C)(C#N)NC(=O)C(F)(F)C(F)F. The second-order valence-electron chi connectivity index (χ2n) is 3.11. The quantitative estimate of drug-likeness (QED) is 0.717. The van der Waals surface area contributed by atoms with Crippen molar-refractivity contribution in [2.45, 2.75) is 31.7 Å². The molecule has 0 aliphatic rings. The van der Waals surface area contributed by atoms with Gasteiger partial charge in [-0.15, -0.1) is 0 Å². The maximum Gasteiger partial charge on any atom is 0.383 e. The van der Waals surface area contributed by atoms with Crippen molar-refractivity contribution in [3.8, 4) is 6.07 Å². The number of nitrogens with one attached hydrogen (secondary N) is 1. The zero-order valence-corrected chi connectivity index (χ0v) is 7.44. The number of halogens is 4. The molecule has 1 N–H and O–H groups in total. The van der Waals surface area contributed by atoms with E-state index in [1.165, 1.54) is 11.4 Å².